The Kier molecular flexibility index (Phi) is 9.86. The van der Waals surface area contributed by atoms with E-state index in [4.69, 9.17) is 42.6 Å². The van der Waals surface area contributed by atoms with Gasteiger partial charge in [0.1, 0.15) is 38.1 Å². The second-order valence-electron chi connectivity index (χ2n) is 7.15. The van der Waals surface area contributed by atoms with E-state index >= 15 is 0 Å². The maximum absolute atomic E-state index is 5.13. The van der Waals surface area contributed by atoms with E-state index in [0.717, 1.165) is 39.6 Å². The normalized spacial score (nSPS) is 37.1. The van der Waals surface area contributed by atoms with Gasteiger partial charge in [0.15, 0.2) is 18.9 Å². The molecule has 6 unspecified atom stereocenters. The van der Waals surface area contributed by atoms with Crippen molar-refractivity contribution in [2.75, 3.05) is 59.5 Å². The molecule has 6 aliphatic heterocycles. The highest BCUT2D eigenvalue weighted by Crippen LogP contribution is 2.16. The van der Waals surface area contributed by atoms with Crippen LogP contribution in [0.5, 0.6) is 0 Å². The van der Waals surface area contributed by atoms with E-state index in [0.29, 0.717) is 38.1 Å². The molecule has 28 heavy (non-hydrogen) atoms. The van der Waals surface area contributed by atoms with Gasteiger partial charge in [0.25, 0.3) is 0 Å². The molecule has 0 amide bonds. The Morgan fingerprint density at radius 1 is 0.500 bits per heavy atom. The summed E-state index contributed by atoms with van der Waals surface area (Å²) in [4.78, 5) is 0. The summed E-state index contributed by atoms with van der Waals surface area (Å²) in [6.45, 7) is 11.4. The van der Waals surface area contributed by atoms with Crippen LogP contribution in [-0.4, -0.2) is 96.6 Å². The molecule has 0 bridgehead atoms. The Labute approximate surface area is 166 Å². The topological polar surface area (TPSA) is 103 Å². The van der Waals surface area contributed by atoms with E-state index < -0.39 is 0 Å². The molecule has 0 radical (unpaired) electrons. The first kappa shape index (κ1) is 22.3. The van der Waals surface area contributed by atoms with Gasteiger partial charge in [-0.2, -0.15) is 0 Å². The lowest BCUT2D eigenvalue weighted by molar-refractivity contribution is 0.0405. The summed E-state index contributed by atoms with van der Waals surface area (Å²) in [7, 11) is 0. The van der Waals surface area contributed by atoms with Crippen LogP contribution in [-0.2, 0) is 42.6 Å². The average Bonchev–Trinajstić information content (AvgIpc) is 3.55. The molecule has 0 N–H and O–H groups in total. The quantitative estimate of drug-likeness (QED) is 0.493. The van der Waals surface area contributed by atoms with E-state index in [1.54, 1.807) is 0 Å². The highest BCUT2D eigenvalue weighted by molar-refractivity contribution is 4.70. The number of rotatable bonds is 10. The molecular weight excluding hydrogens is 372 g/mol. The maximum atomic E-state index is 5.13. The van der Waals surface area contributed by atoms with Gasteiger partial charge in [-0.3, -0.25) is 0 Å². The smallest absolute Gasteiger partial charge is 0.181 e. The van der Waals surface area contributed by atoms with Crippen molar-refractivity contribution in [3.63, 3.8) is 0 Å². The molecule has 6 fully saturated rings. The van der Waals surface area contributed by atoms with E-state index in [1.165, 1.54) is 12.8 Å². The Hall–Kier alpha value is -0.360. The molecule has 9 nitrogen and oxygen atoms in total. The minimum absolute atomic E-state index is 0.0965. The molecular formula is C19H34O9. The van der Waals surface area contributed by atoms with E-state index in [1.807, 2.05) is 0 Å². The lowest BCUT2D eigenvalue weighted by atomic mass is 10.4. The van der Waals surface area contributed by atoms with Crippen molar-refractivity contribution >= 4 is 0 Å². The largest absolute Gasteiger partial charge is 0.371 e. The number of hydrogen-bond donors (Lipinski definition) is 0. The maximum Gasteiger partial charge on any atom is 0.181 e. The fourth-order valence-electron chi connectivity index (χ4n) is 1.54. The van der Waals surface area contributed by atoms with Crippen molar-refractivity contribution in [3.05, 3.63) is 0 Å². The molecule has 9 heteroatoms. The van der Waals surface area contributed by atoms with Gasteiger partial charge in [0, 0.05) is 0 Å². The second-order valence-corrected chi connectivity index (χ2v) is 7.15. The highest BCUT2D eigenvalue weighted by Gasteiger charge is 2.30. The number of unbranched alkanes of at least 4 members (excludes halogenated alkanes) is 1. The number of hydrogen-bond acceptors (Lipinski definition) is 9. The van der Waals surface area contributed by atoms with Crippen molar-refractivity contribution in [3.8, 4) is 0 Å². The molecule has 0 aromatic carbocycles. The fraction of sp³-hybridized carbons (Fsp3) is 1.00. The first-order valence-corrected chi connectivity index (χ1v) is 10.3. The SMILES string of the molecule is C1OC1COC1CO1.C1OC1COC1CO1.C1OC1COC1CO1.CCCC. The molecule has 6 aliphatic rings. The Bertz CT molecular complexity index is 305. The first-order chi connectivity index (χ1) is 13.8. The minimum atomic E-state index is 0.0965. The Morgan fingerprint density at radius 2 is 0.750 bits per heavy atom. The Balaban J connectivity index is 0.000000111. The second kappa shape index (κ2) is 12.4. The Morgan fingerprint density at radius 3 is 0.893 bits per heavy atom. The summed E-state index contributed by atoms with van der Waals surface area (Å²) in [6, 6.07) is 0. The molecule has 0 aromatic heterocycles. The third kappa shape index (κ3) is 13.8. The van der Waals surface area contributed by atoms with Crippen molar-refractivity contribution in [1.82, 2.24) is 0 Å². The zero-order chi connectivity index (χ0) is 19.6. The standard InChI is InChI=1S/3C5H8O3.C4H10/c3*1-4(6-1)2-7-5-3-8-5;1-3-4-2/h3*4-5H,1-3H2;3-4H2,1-2H3. The van der Waals surface area contributed by atoms with Gasteiger partial charge in [0.05, 0.1) is 39.6 Å². The van der Waals surface area contributed by atoms with Crippen LogP contribution < -0.4 is 0 Å². The lowest BCUT2D eigenvalue weighted by Crippen LogP contribution is -2.02. The molecule has 6 heterocycles. The van der Waals surface area contributed by atoms with Crippen molar-refractivity contribution in [1.29, 1.82) is 0 Å². The molecule has 6 atom stereocenters. The van der Waals surface area contributed by atoms with Gasteiger partial charge >= 0.3 is 0 Å². The summed E-state index contributed by atoms with van der Waals surface area (Å²) in [5.41, 5.74) is 0. The molecule has 0 spiro atoms. The zero-order valence-corrected chi connectivity index (χ0v) is 16.9. The van der Waals surface area contributed by atoms with Gasteiger partial charge < -0.3 is 42.6 Å². The van der Waals surface area contributed by atoms with Crippen molar-refractivity contribution < 1.29 is 42.6 Å². The summed E-state index contributed by atoms with van der Waals surface area (Å²) in [5, 5.41) is 0. The van der Waals surface area contributed by atoms with Gasteiger partial charge in [-0.1, -0.05) is 26.7 Å². The van der Waals surface area contributed by atoms with Crippen LogP contribution in [0.3, 0.4) is 0 Å². The van der Waals surface area contributed by atoms with E-state index in [-0.39, 0.29) is 18.9 Å². The first-order valence-electron chi connectivity index (χ1n) is 10.3. The summed E-state index contributed by atoms with van der Waals surface area (Å²) < 4.78 is 44.5. The molecule has 0 saturated carbocycles. The molecule has 164 valence electrons. The van der Waals surface area contributed by atoms with Gasteiger partial charge in [0.2, 0.25) is 0 Å². The number of epoxide rings is 6. The van der Waals surface area contributed by atoms with Crippen LogP contribution in [0.4, 0.5) is 0 Å². The summed E-state index contributed by atoms with van der Waals surface area (Å²) >= 11 is 0. The molecule has 6 rings (SSSR count). The average molecular weight is 406 g/mol. The highest BCUT2D eigenvalue weighted by atomic mass is 16.8. The van der Waals surface area contributed by atoms with E-state index in [9.17, 15) is 0 Å². The third-order valence-electron chi connectivity index (χ3n) is 4.02. The van der Waals surface area contributed by atoms with Crippen molar-refractivity contribution in [2.45, 2.75) is 63.9 Å². The van der Waals surface area contributed by atoms with Crippen molar-refractivity contribution in [2.24, 2.45) is 0 Å². The molecule has 6 saturated heterocycles. The number of ether oxygens (including phenoxy) is 9. The third-order valence-corrected chi connectivity index (χ3v) is 4.02. The van der Waals surface area contributed by atoms with Gasteiger partial charge in [-0.15, -0.1) is 0 Å². The monoisotopic (exact) mass is 406 g/mol. The molecule has 0 aromatic rings. The summed E-state index contributed by atoms with van der Waals surface area (Å²) in [5.74, 6) is 0. The van der Waals surface area contributed by atoms with Crippen LogP contribution in [0.15, 0.2) is 0 Å². The van der Waals surface area contributed by atoms with Crippen LogP contribution in [0.1, 0.15) is 26.7 Å². The van der Waals surface area contributed by atoms with Crippen LogP contribution in [0, 0.1) is 0 Å². The van der Waals surface area contributed by atoms with Crippen LogP contribution in [0.2, 0.25) is 0 Å². The zero-order valence-electron chi connectivity index (χ0n) is 16.9. The minimum Gasteiger partial charge on any atom is -0.371 e. The lowest BCUT2D eigenvalue weighted by Gasteiger charge is -1.91. The molecule has 0 aliphatic carbocycles. The fourth-order valence-corrected chi connectivity index (χ4v) is 1.54. The van der Waals surface area contributed by atoms with Gasteiger partial charge in [-0.05, 0) is 0 Å². The van der Waals surface area contributed by atoms with E-state index in [2.05, 4.69) is 13.8 Å². The predicted molar refractivity (Wildman–Crippen MR) is 96.9 cm³/mol. The predicted octanol–water partition coefficient (Wildman–Crippen LogP) is 1.08. The van der Waals surface area contributed by atoms with Gasteiger partial charge in [-0.25, -0.2) is 0 Å². The van der Waals surface area contributed by atoms with Crippen LogP contribution >= 0.6 is 0 Å². The van der Waals surface area contributed by atoms with Crippen LogP contribution in [0.25, 0.3) is 0 Å². The summed E-state index contributed by atoms with van der Waals surface area (Å²) in [6.07, 6.45) is 4.05.